The van der Waals surface area contributed by atoms with E-state index in [0.717, 1.165) is 29.3 Å². The van der Waals surface area contributed by atoms with Gasteiger partial charge in [0.15, 0.2) is 0 Å². The number of phenolic OH excluding ortho intramolecular Hbond substituents is 1. The number of aromatic amines is 1. The molecule has 3 N–H and O–H groups in total. The van der Waals surface area contributed by atoms with E-state index in [0.29, 0.717) is 12.2 Å². The molecule has 0 unspecified atom stereocenters. The van der Waals surface area contributed by atoms with Gasteiger partial charge in [0.1, 0.15) is 11.4 Å². The number of carbonyl (C=O) groups excluding carboxylic acids is 1. The van der Waals surface area contributed by atoms with E-state index in [1.807, 2.05) is 0 Å². The molecule has 0 spiro atoms. The van der Waals surface area contributed by atoms with Crippen molar-refractivity contribution in [3.63, 3.8) is 0 Å². The smallest absolute Gasteiger partial charge is 0.268 e. The lowest BCUT2D eigenvalue weighted by Gasteiger charge is -1.97. The van der Waals surface area contributed by atoms with Gasteiger partial charge in [0, 0.05) is 17.4 Å². The summed E-state index contributed by atoms with van der Waals surface area (Å²) < 4.78 is 0. The van der Waals surface area contributed by atoms with Gasteiger partial charge in [0.25, 0.3) is 5.91 Å². The van der Waals surface area contributed by atoms with E-state index >= 15 is 0 Å². The molecule has 1 aliphatic heterocycles. The van der Waals surface area contributed by atoms with Crippen LogP contribution in [0.15, 0.2) is 18.2 Å². The van der Waals surface area contributed by atoms with Gasteiger partial charge in [-0.3, -0.25) is 4.79 Å². The van der Waals surface area contributed by atoms with Gasteiger partial charge in [0.2, 0.25) is 0 Å². The Bertz CT molecular complexity index is 572. The number of amides is 1. The molecule has 3 rings (SSSR count). The Morgan fingerprint density at radius 1 is 1.31 bits per heavy atom. The summed E-state index contributed by atoms with van der Waals surface area (Å²) in [6.45, 7) is 0.710. The zero-order valence-corrected chi connectivity index (χ0v) is 8.71. The van der Waals surface area contributed by atoms with Crippen molar-refractivity contribution in [2.45, 2.75) is 12.8 Å². The maximum Gasteiger partial charge on any atom is 0.268 e. The maximum absolute atomic E-state index is 11.8. The standard InChI is InChI=1S/C12H12N2O2/c15-7-3-4-10-9(6-7)8-2-1-5-13-12(16)11(8)14-10/h3-4,6,14-15H,1-2,5H2,(H,13,16). The third kappa shape index (κ3) is 1.26. The number of hydrogen-bond donors (Lipinski definition) is 3. The van der Waals surface area contributed by atoms with Gasteiger partial charge in [-0.05, 0) is 36.6 Å². The Hall–Kier alpha value is -1.97. The summed E-state index contributed by atoms with van der Waals surface area (Å²) in [6.07, 6.45) is 1.79. The Balaban J connectivity index is 2.30. The predicted octanol–water partition coefficient (Wildman–Crippen LogP) is 1.55. The molecule has 4 nitrogen and oxygen atoms in total. The van der Waals surface area contributed by atoms with Gasteiger partial charge in [-0.1, -0.05) is 0 Å². The van der Waals surface area contributed by atoms with Crippen LogP contribution in [0.25, 0.3) is 10.9 Å². The lowest BCUT2D eigenvalue weighted by Crippen LogP contribution is -2.22. The van der Waals surface area contributed by atoms with Crippen molar-refractivity contribution in [1.82, 2.24) is 10.3 Å². The van der Waals surface area contributed by atoms with E-state index in [2.05, 4.69) is 10.3 Å². The second kappa shape index (κ2) is 3.27. The van der Waals surface area contributed by atoms with Crippen molar-refractivity contribution < 1.29 is 9.90 Å². The summed E-state index contributed by atoms with van der Waals surface area (Å²) in [7, 11) is 0. The molecule has 0 saturated heterocycles. The first-order valence-corrected chi connectivity index (χ1v) is 5.37. The zero-order valence-electron chi connectivity index (χ0n) is 8.71. The number of nitrogens with one attached hydrogen (secondary N) is 2. The highest BCUT2D eigenvalue weighted by molar-refractivity contribution is 6.01. The molecule has 1 aromatic heterocycles. The molecule has 0 aliphatic carbocycles. The van der Waals surface area contributed by atoms with Gasteiger partial charge in [-0.2, -0.15) is 0 Å². The summed E-state index contributed by atoms with van der Waals surface area (Å²) in [6, 6.07) is 5.13. The zero-order chi connectivity index (χ0) is 11.1. The average Bonchev–Trinajstić information content (AvgIpc) is 2.52. The van der Waals surface area contributed by atoms with E-state index in [1.165, 1.54) is 0 Å². The highest BCUT2D eigenvalue weighted by atomic mass is 16.3. The van der Waals surface area contributed by atoms with Gasteiger partial charge in [-0.15, -0.1) is 0 Å². The molecular weight excluding hydrogens is 204 g/mol. The number of rotatable bonds is 0. The fraction of sp³-hybridized carbons (Fsp3) is 0.250. The first kappa shape index (κ1) is 9.27. The van der Waals surface area contributed by atoms with Crippen molar-refractivity contribution in [2.75, 3.05) is 6.54 Å². The highest BCUT2D eigenvalue weighted by Gasteiger charge is 2.19. The number of carbonyl (C=O) groups is 1. The highest BCUT2D eigenvalue weighted by Crippen LogP contribution is 2.28. The summed E-state index contributed by atoms with van der Waals surface area (Å²) in [4.78, 5) is 14.9. The Morgan fingerprint density at radius 2 is 2.19 bits per heavy atom. The summed E-state index contributed by atoms with van der Waals surface area (Å²) in [5.74, 6) is 0.183. The number of aryl methyl sites for hydroxylation is 1. The number of H-pyrrole nitrogens is 1. The van der Waals surface area contributed by atoms with Crippen molar-refractivity contribution in [3.05, 3.63) is 29.5 Å². The van der Waals surface area contributed by atoms with Gasteiger partial charge >= 0.3 is 0 Å². The fourth-order valence-electron chi connectivity index (χ4n) is 2.24. The number of benzene rings is 1. The van der Waals surface area contributed by atoms with E-state index < -0.39 is 0 Å². The molecule has 1 aromatic carbocycles. The van der Waals surface area contributed by atoms with Crippen LogP contribution in [0.2, 0.25) is 0 Å². The average molecular weight is 216 g/mol. The maximum atomic E-state index is 11.8. The van der Waals surface area contributed by atoms with Crippen LogP contribution in [-0.4, -0.2) is 22.5 Å². The third-order valence-corrected chi connectivity index (χ3v) is 3.01. The van der Waals surface area contributed by atoms with E-state index in [1.54, 1.807) is 18.2 Å². The summed E-state index contributed by atoms with van der Waals surface area (Å²) in [5.41, 5.74) is 2.55. The van der Waals surface area contributed by atoms with E-state index in [9.17, 15) is 9.90 Å². The van der Waals surface area contributed by atoms with Crippen LogP contribution < -0.4 is 5.32 Å². The molecule has 0 bridgehead atoms. The van der Waals surface area contributed by atoms with Crippen LogP contribution in [0.5, 0.6) is 5.75 Å². The summed E-state index contributed by atoms with van der Waals surface area (Å²) in [5, 5.41) is 13.3. The summed E-state index contributed by atoms with van der Waals surface area (Å²) >= 11 is 0. The molecule has 82 valence electrons. The molecule has 0 radical (unpaired) electrons. The van der Waals surface area contributed by atoms with Gasteiger partial charge < -0.3 is 15.4 Å². The lowest BCUT2D eigenvalue weighted by molar-refractivity contribution is 0.0952. The Labute approximate surface area is 92.3 Å². The minimum atomic E-state index is -0.0526. The molecular formula is C12H12N2O2. The normalized spacial score (nSPS) is 15.6. The molecule has 0 atom stereocenters. The van der Waals surface area contributed by atoms with E-state index in [4.69, 9.17) is 0 Å². The topological polar surface area (TPSA) is 65.1 Å². The van der Waals surface area contributed by atoms with Gasteiger partial charge in [-0.25, -0.2) is 0 Å². The third-order valence-electron chi connectivity index (χ3n) is 3.01. The quantitative estimate of drug-likeness (QED) is 0.625. The molecule has 0 fully saturated rings. The number of aromatic hydroxyl groups is 1. The lowest BCUT2D eigenvalue weighted by atomic mass is 10.1. The van der Waals surface area contributed by atoms with Crippen LogP contribution in [0, 0.1) is 0 Å². The Morgan fingerprint density at radius 3 is 3.06 bits per heavy atom. The Kier molecular flexibility index (Phi) is 1.89. The van der Waals surface area contributed by atoms with Crippen molar-refractivity contribution >= 4 is 16.8 Å². The van der Waals surface area contributed by atoms with Crippen LogP contribution in [-0.2, 0) is 6.42 Å². The first-order valence-electron chi connectivity index (χ1n) is 5.37. The molecule has 2 heterocycles. The van der Waals surface area contributed by atoms with Crippen molar-refractivity contribution in [3.8, 4) is 5.75 Å². The van der Waals surface area contributed by atoms with Crippen LogP contribution in [0.4, 0.5) is 0 Å². The monoisotopic (exact) mass is 216 g/mol. The minimum Gasteiger partial charge on any atom is -0.508 e. The molecule has 1 aliphatic rings. The second-order valence-corrected chi connectivity index (χ2v) is 4.07. The molecule has 1 amide bonds. The second-order valence-electron chi connectivity index (χ2n) is 4.07. The largest absolute Gasteiger partial charge is 0.508 e. The number of phenols is 1. The molecule has 4 heteroatoms. The van der Waals surface area contributed by atoms with Crippen molar-refractivity contribution in [1.29, 1.82) is 0 Å². The van der Waals surface area contributed by atoms with Gasteiger partial charge in [0.05, 0.1) is 0 Å². The van der Waals surface area contributed by atoms with Crippen LogP contribution >= 0.6 is 0 Å². The van der Waals surface area contributed by atoms with Crippen LogP contribution in [0.3, 0.4) is 0 Å². The first-order chi connectivity index (χ1) is 7.75. The molecule has 0 saturated carbocycles. The van der Waals surface area contributed by atoms with Crippen LogP contribution in [0.1, 0.15) is 22.5 Å². The molecule has 2 aromatic rings. The van der Waals surface area contributed by atoms with E-state index in [-0.39, 0.29) is 11.7 Å². The predicted molar refractivity (Wildman–Crippen MR) is 60.6 cm³/mol. The number of hydrogen-bond acceptors (Lipinski definition) is 2. The SMILES string of the molecule is O=C1NCCCc2c1[nH]c1ccc(O)cc21. The fourth-order valence-corrected chi connectivity index (χ4v) is 2.24. The number of fused-ring (bicyclic) bond motifs is 3. The van der Waals surface area contributed by atoms with Crippen molar-refractivity contribution in [2.24, 2.45) is 0 Å². The minimum absolute atomic E-state index is 0.0526. The molecule has 16 heavy (non-hydrogen) atoms. The number of aromatic nitrogens is 1.